The highest BCUT2D eigenvalue weighted by molar-refractivity contribution is 5.96. The molecule has 0 radical (unpaired) electrons. The van der Waals surface area contributed by atoms with Crippen LogP contribution < -0.4 is 27.8 Å². The maximum Gasteiger partial charge on any atom is 0.326 e. The number of amides is 4. The molecule has 1 aliphatic rings. The smallest absolute Gasteiger partial charge is 0.326 e. The van der Waals surface area contributed by atoms with Gasteiger partial charge < -0.3 is 42.9 Å². The normalized spacial score (nSPS) is 17.9. The third-order valence-electron chi connectivity index (χ3n) is 5.43. The zero-order valence-electron chi connectivity index (χ0n) is 18.9. The van der Waals surface area contributed by atoms with Crippen LogP contribution in [-0.2, 0) is 28.8 Å². The number of hydrogen-bond donors (Lipinski definition) is 7. The lowest BCUT2D eigenvalue weighted by Crippen LogP contribution is -2.57. The first kappa shape index (κ1) is 28.8. The van der Waals surface area contributed by atoms with Crippen LogP contribution in [0.5, 0.6) is 0 Å². The fourth-order valence-electron chi connectivity index (χ4n) is 3.62. The number of carbonyl (C=O) groups is 6. The monoisotopic (exact) mass is 486 g/mol. The van der Waals surface area contributed by atoms with Crippen molar-refractivity contribution in [1.82, 2.24) is 15.5 Å². The summed E-state index contributed by atoms with van der Waals surface area (Å²) < 4.78 is 0. The topological polar surface area (TPSA) is 248 Å². The van der Waals surface area contributed by atoms with Crippen LogP contribution >= 0.6 is 0 Å². The lowest BCUT2D eigenvalue weighted by molar-refractivity contribution is -0.145. The summed E-state index contributed by atoms with van der Waals surface area (Å²) >= 11 is 0. The summed E-state index contributed by atoms with van der Waals surface area (Å²) in [6.45, 7) is 0.749. The minimum absolute atomic E-state index is 0.283. The second-order valence-electron chi connectivity index (χ2n) is 8.14. The van der Waals surface area contributed by atoms with Crippen LogP contribution in [0.15, 0.2) is 0 Å². The summed E-state index contributed by atoms with van der Waals surface area (Å²) in [5, 5.41) is 22.8. The molecule has 0 bridgehead atoms. The highest BCUT2D eigenvalue weighted by atomic mass is 16.4. The van der Waals surface area contributed by atoms with Crippen LogP contribution in [0.2, 0.25) is 0 Å². The lowest BCUT2D eigenvalue weighted by atomic mass is 10.1. The molecule has 0 aromatic carbocycles. The summed E-state index contributed by atoms with van der Waals surface area (Å²) in [7, 11) is 0. The number of unbranched alkanes of at least 4 members (excludes halogenated alkanes) is 1. The largest absolute Gasteiger partial charge is 0.481 e. The number of carboxylic acid groups (broad SMARTS) is 2. The van der Waals surface area contributed by atoms with Crippen molar-refractivity contribution in [1.29, 1.82) is 0 Å². The SMILES string of the molecule is NCCCCC(N)C(=O)N1CCCC1C(=O)NC(CC(=O)O)C(=O)NC(CCC(N)=O)C(=O)O. The van der Waals surface area contributed by atoms with E-state index in [9.17, 15) is 33.9 Å². The molecule has 0 spiro atoms. The quantitative estimate of drug-likeness (QED) is 0.117. The van der Waals surface area contributed by atoms with E-state index in [-0.39, 0.29) is 19.4 Å². The van der Waals surface area contributed by atoms with E-state index < -0.39 is 66.2 Å². The van der Waals surface area contributed by atoms with Gasteiger partial charge in [0, 0.05) is 13.0 Å². The molecule has 14 heteroatoms. The van der Waals surface area contributed by atoms with Crippen molar-refractivity contribution >= 4 is 35.6 Å². The molecule has 0 aliphatic carbocycles. The summed E-state index contributed by atoms with van der Waals surface area (Å²) in [5.74, 6) is -5.86. The minimum atomic E-state index is -1.60. The van der Waals surface area contributed by atoms with Gasteiger partial charge in [0.2, 0.25) is 23.6 Å². The first-order chi connectivity index (χ1) is 16.0. The van der Waals surface area contributed by atoms with E-state index >= 15 is 0 Å². The summed E-state index contributed by atoms with van der Waals surface area (Å²) in [6, 6.07) is -4.87. The van der Waals surface area contributed by atoms with Gasteiger partial charge in [-0.15, -0.1) is 0 Å². The molecule has 34 heavy (non-hydrogen) atoms. The van der Waals surface area contributed by atoms with Gasteiger partial charge in [-0.05, 0) is 38.6 Å². The standard InChI is InChI=1S/C20H34N6O8/c21-8-2-1-4-11(22)19(32)26-9-3-5-14(26)18(31)25-13(10-16(28)29)17(30)24-12(20(33)34)6-7-15(23)27/h11-14H,1-10,21-22H2,(H2,23,27)(H,24,30)(H,25,31)(H,28,29)(H,33,34). The van der Waals surface area contributed by atoms with Crippen LogP contribution in [0.1, 0.15) is 51.4 Å². The van der Waals surface area contributed by atoms with Crippen LogP contribution in [-0.4, -0.2) is 87.9 Å². The summed E-state index contributed by atoms with van der Waals surface area (Å²) in [4.78, 5) is 73.0. The number of nitrogens with two attached hydrogens (primary N) is 3. The Morgan fingerprint density at radius 3 is 2.24 bits per heavy atom. The van der Waals surface area contributed by atoms with Crippen molar-refractivity contribution in [2.75, 3.05) is 13.1 Å². The Balaban J connectivity index is 2.87. The number of carboxylic acids is 2. The lowest BCUT2D eigenvalue weighted by Gasteiger charge is -2.28. The highest BCUT2D eigenvalue weighted by Gasteiger charge is 2.38. The van der Waals surface area contributed by atoms with Gasteiger partial charge in [-0.1, -0.05) is 6.42 Å². The third-order valence-corrected chi connectivity index (χ3v) is 5.43. The van der Waals surface area contributed by atoms with E-state index in [1.54, 1.807) is 0 Å². The Kier molecular flexibility index (Phi) is 11.9. The molecular weight excluding hydrogens is 452 g/mol. The van der Waals surface area contributed by atoms with Crippen molar-refractivity contribution in [3.8, 4) is 0 Å². The molecule has 4 atom stereocenters. The zero-order chi connectivity index (χ0) is 25.8. The van der Waals surface area contributed by atoms with E-state index in [1.165, 1.54) is 4.90 Å². The molecule has 1 fully saturated rings. The molecule has 10 N–H and O–H groups in total. The fraction of sp³-hybridized carbons (Fsp3) is 0.700. The van der Waals surface area contributed by atoms with Crippen molar-refractivity contribution in [2.24, 2.45) is 17.2 Å². The number of likely N-dealkylation sites (tertiary alicyclic amines) is 1. The molecule has 0 aromatic heterocycles. The molecule has 0 saturated carbocycles. The maximum atomic E-state index is 12.9. The molecule has 1 rings (SSSR count). The predicted molar refractivity (Wildman–Crippen MR) is 118 cm³/mol. The molecule has 14 nitrogen and oxygen atoms in total. The Bertz CT molecular complexity index is 776. The second kappa shape index (κ2) is 14.1. The van der Waals surface area contributed by atoms with Gasteiger partial charge in [-0.2, -0.15) is 0 Å². The summed E-state index contributed by atoms with van der Waals surface area (Å²) in [5.41, 5.74) is 16.4. The molecule has 1 saturated heterocycles. The fourth-order valence-corrected chi connectivity index (χ4v) is 3.62. The average Bonchev–Trinajstić information content (AvgIpc) is 3.24. The molecule has 1 heterocycles. The third kappa shape index (κ3) is 9.31. The van der Waals surface area contributed by atoms with E-state index in [4.69, 9.17) is 22.3 Å². The molecule has 1 aliphatic heterocycles. The average molecular weight is 487 g/mol. The van der Waals surface area contributed by atoms with Crippen molar-refractivity contribution in [3.63, 3.8) is 0 Å². The molecule has 0 aromatic rings. The van der Waals surface area contributed by atoms with Gasteiger partial charge in [0.15, 0.2) is 0 Å². The van der Waals surface area contributed by atoms with E-state index in [1.807, 2.05) is 0 Å². The molecule has 4 unspecified atom stereocenters. The number of hydrogen-bond acceptors (Lipinski definition) is 8. The predicted octanol–water partition coefficient (Wildman–Crippen LogP) is -2.77. The first-order valence-electron chi connectivity index (χ1n) is 11.1. The van der Waals surface area contributed by atoms with Crippen molar-refractivity contribution in [3.05, 3.63) is 0 Å². The second-order valence-corrected chi connectivity index (χ2v) is 8.14. The van der Waals surface area contributed by atoms with Crippen molar-refractivity contribution in [2.45, 2.75) is 75.5 Å². The molecular formula is C20H34N6O8. The van der Waals surface area contributed by atoms with Gasteiger partial charge in [0.1, 0.15) is 18.1 Å². The maximum absolute atomic E-state index is 12.9. The van der Waals surface area contributed by atoms with E-state index in [2.05, 4.69) is 10.6 Å². The minimum Gasteiger partial charge on any atom is -0.481 e. The number of carbonyl (C=O) groups excluding carboxylic acids is 4. The number of rotatable bonds is 15. The van der Waals surface area contributed by atoms with Gasteiger partial charge in [-0.25, -0.2) is 4.79 Å². The number of nitrogens with zero attached hydrogens (tertiary/aromatic N) is 1. The number of nitrogens with one attached hydrogen (secondary N) is 2. The Labute approximate surface area is 196 Å². The van der Waals surface area contributed by atoms with Crippen molar-refractivity contribution < 1.29 is 39.0 Å². The Morgan fingerprint density at radius 1 is 1.00 bits per heavy atom. The number of primary amides is 1. The van der Waals surface area contributed by atoms with Gasteiger partial charge in [-0.3, -0.25) is 24.0 Å². The van der Waals surface area contributed by atoms with Crippen LogP contribution in [0.3, 0.4) is 0 Å². The molecule has 4 amide bonds. The van der Waals surface area contributed by atoms with Crippen LogP contribution in [0.25, 0.3) is 0 Å². The highest BCUT2D eigenvalue weighted by Crippen LogP contribution is 2.19. The van der Waals surface area contributed by atoms with Gasteiger partial charge >= 0.3 is 11.9 Å². The van der Waals surface area contributed by atoms with Gasteiger partial charge in [0.05, 0.1) is 12.5 Å². The van der Waals surface area contributed by atoms with E-state index in [0.29, 0.717) is 38.6 Å². The zero-order valence-corrected chi connectivity index (χ0v) is 18.9. The summed E-state index contributed by atoms with van der Waals surface area (Å²) in [6.07, 6.45) is 1.11. The van der Waals surface area contributed by atoms with Crippen LogP contribution in [0, 0.1) is 0 Å². The number of aliphatic carboxylic acids is 2. The first-order valence-corrected chi connectivity index (χ1v) is 11.1. The molecule has 192 valence electrons. The van der Waals surface area contributed by atoms with Gasteiger partial charge in [0.25, 0.3) is 0 Å². The van der Waals surface area contributed by atoms with E-state index in [0.717, 1.165) is 0 Å². The van der Waals surface area contributed by atoms with Crippen LogP contribution in [0.4, 0.5) is 0 Å². The Morgan fingerprint density at radius 2 is 1.68 bits per heavy atom. The Hall–Kier alpha value is -3.26.